The molecule has 2 amide bonds. The number of carbonyl (C=O) groups excluding carboxylic acids is 3. The van der Waals surface area contributed by atoms with Crippen molar-refractivity contribution in [1.29, 1.82) is 0 Å². The van der Waals surface area contributed by atoms with E-state index in [1.54, 1.807) is 24.3 Å². The maximum atomic E-state index is 13.7. The molecule has 0 bridgehead atoms. The van der Waals surface area contributed by atoms with Crippen LogP contribution >= 0.6 is 11.6 Å². The molecule has 3 heterocycles. The maximum Gasteiger partial charge on any atom is 0.239 e. The van der Waals surface area contributed by atoms with Crippen LogP contribution in [0.3, 0.4) is 0 Å². The molecule has 160 valence electrons. The first-order valence-corrected chi connectivity index (χ1v) is 11.3. The van der Waals surface area contributed by atoms with Crippen LogP contribution in [0.1, 0.15) is 23.2 Å². The first-order chi connectivity index (χ1) is 15.5. The first kappa shape index (κ1) is 19.6. The Morgan fingerprint density at radius 1 is 0.875 bits per heavy atom. The van der Waals surface area contributed by atoms with Gasteiger partial charge in [0.25, 0.3) is 0 Å². The third-order valence-electron chi connectivity index (χ3n) is 7.24. The molecule has 6 rings (SSSR count). The van der Waals surface area contributed by atoms with E-state index in [0.29, 0.717) is 16.3 Å². The quantitative estimate of drug-likeness (QED) is 0.445. The van der Waals surface area contributed by atoms with Gasteiger partial charge in [-0.2, -0.15) is 0 Å². The lowest BCUT2D eigenvalue weighted by atomic mass is 9.85. The highest BCUT2D eigenvalue weighted by Gasteiger charge is 2.64. The number of ketones is 1. The van der Waals surface area contributed by atoms with Gasteiger partial charge in [-0.15, -0.1) is 0 Å². The molecule has 0 spiro atoms. The number of halogens is 1. The van der Waals surface area contributed by atoms with Crippen molar-refractivity contribution < 1.29 is 14.4 Å². The van der Waals surface area contributed by atoms with E-state index in [9.17, 15) is 14.4 Å². The van der Waals surface area contributed by atoms with Crippen molar-refractivity contribution in [3.8, 4) is 0 Å². The Morgan fingerprint density at radius 3 is 2.38 bits per heavy atom. The number of fused-ring (bicyclic) bond motifs is 4. The lowest BCUT2D eigenvalue weighted by molar-refractivity contribution is -0.123. The van der Waals surface area contributed by atoms with E-state index in [4.69, 9.17) is 11.6 Å². The van der Waals surface area contributed by atoms with Crippen LogP contribution in [-0.2, 0) is 9.59 Å². The number of hydrogen-bond acceptors (Lipinski definition) is 4. The van der Waals surface area contributed by atoms with E-state index < -0.39 is 17.9 Å². The van der Waals surface area contributed by atoms with Gasteiger partial charge in [0, 0.05) is 16.6 Å². The number of hydrogen-bond donors (Lipinski definition) is 0. The van der Waals surface area contributed by atoms with Gasteiger partial charge in [-0.3, -0.25) is 19.3 Å². The summed E-state index contributed by atoms with van der Waals surface area (Å²) in [5.74, 6) is -1.68. The summed E-state index contributed by atoms with van der Waals surface area (Å²) in [4.78, 5) is 44.2. The predicted molar refractivity (Wildman–Crippen MR) is 123 cm³/mol. The number of Topliss-reactive ketones (excluding diaryl/α,β-unsaturated/α-hetero) is 1. The fraction of sp³-hybridized carbons (Fsp3) is 0.269. The van der Waals surface area contributed by atoms with Crippen LogP contribution in [0.2, 0.25) is 5.02 Å². The second-order valence-corrected chi connectivity index (χ2v) is 9.29. The maximum absolute atomic E-state index is 13.7. The molecule has 3 aromatic carbocycles. The molecular formula is C26H21ClN2O3. The van der Waals surface area contributed by atoms with Gasteiger partial charge in [-0.25, -0.2) is 4.90 Å². The summed E-state index contributed by atoms with van der Waals surface area (Å²) < 4.78 is 0. The number of anilines is 1. The minimum absolute atomic E-state index is 0.0665. The summed E-state index contributed by atoms with van der Waals surface area (Å²) in [5, 5.41) is 2.58. The fourth-order valence-corrected chi connectivity index (χ4v) is 6.00. The third-order valence-corrected chi connectivity index (χ3v) is 7.49. The molecule has 5 nitrogen and oxygen atoms in total. The largest absolute Gasteiger partial charge is 0.292 e. The van der Waals surface area contributed by atoms with Crippen molar-refractivity contribution >= 4 is 45.7 Å². The number of imide groups is 1. The molecule has 0 radical (unpaired) electrons. The van der Waals surface area contributed by atoms with Gasteiger partial charge in [0.2, 0.25) is 11.8 Å². The van der Waals surface area contributed by atoms with Crippen molar-refractivity contribution in [2.75, 3.05) is 11.4 Å². The molecule has 3 fully saturated rings. The van der Waals surface area contributed by atoms with E-state index in [0.717, 1.165) is 30.2 Å². The van der Waals surface area contributed by atoms with Crippen LogP contribution in [0.25, 0.3) is 10.8 Å². The number of benzene rings is 3. The normalized spacial score (nSPS) is 27.2. The van der Waals surface area contributed by atoms with Gasteiger partial charge >= 0.3 is 0 Å². The zero-order valence-electron chi connectivity index (χ0n) is 17.3. The molecule has 4 atom stereocenters. The Bertz CT molecular complexity index is 1270. The monoisotopic (exact) mass is 444 g/mol. The SMILES string of the molecule is O=C(c1ccc(Cl)cc1)[C@@H]1[C@H]2C(=O)N(c3ccc4ccccc4c3)C(=O)[C@@H]2[C@H]2CCCN21. The van der Waals surface area contributed by atoms with Crippen molar-refractivity contribution in [2.24, 2.45) is 11.8 Å². The molecule has 3 aromatic rings. The summed E-state index contributed by atoms with van der Waals surface area (Å²) in [6.07, 6.45) is 1.76. The molecule has 0 unspecified atom stereocenters. The van der Waals surface area contributed by atoms with Crippen molar-refractivity contribution in [3.63, 3.8) is 0 Å². The first-order valence-electron chi connectivity index (χ1n) is 11.0. The molecule has 0 aromatic heterocycles. The summed E-state index contributed by atoms with van der Waals surface area (Å²) in [5.41, 5.74) is 1.10. The lowest BCUT2D eigenvalue weighted by Gasteiger charge is -2.27. The summed E-state index contributed by atoms with van der Waals surface area (Å²) in [7, 11) is 0. The number of amides is 2. The van der Waals surface area contributed by atoms with Crippen LogP contribution in [0.5, 0.6) is 0 Å². The standard InChI is InChI=1S/C26H21ClN2O3/c27-18-10-7-16(8-11-18)24(30)23-22-21(20-6-3-13-28(20)23)25(31)29(26(22)32)19-12-9-15-4-1-2-5-17(15)14-19/h1-2,4-5,7-12,14,20-23H,3,6,13H2/t20-,21-,22+,23+/m1/s1. The van der Waals surface area contributed by atoms with Gasteiger partial charge in [0.15, 0.2) is 5.78 Å². The molecule has 6 heteroatoms. The van der Waals surface area contributed by atoms with E-state index in [2.05, 4.69) is 4.90 Å². The molecule has 3 saturated heterocycles. The van der Waals surface area contributed by atoms with Gasteiger partial charge in [-0.05, 0) is 66.6 Å². The fourth-order valence-electron chi connectivity index (χ4n) is 5.87. The van der Waals surface area contributed by atoms with E-state index in [1.807, 2.05) is 42.5 Å². The number of rotatable bonds is 3. The van der Waals surface area contributed by atoms with E-state index >= 15 is 0 Å². The zero-order chi connectivity index (χ0) is 22.0. The summed E-state index contributed by atoms with van der Waals surface area (Å²) in [6.45, 7) is 0.734. The summed E-state index contributed by atoms with van der Waals surface area (Å²) in [6, 6.07) is 19.6. The van der Waals surface area contributed by atoms with Gasteiger partial charge in [0.05, 0.1) is 23.6 Å². The lowest BCUT2D eigenvalue weighted by Crippen LogP contribution is -2.46. The van der Waals surface area contributed by atoms with Crippen LogP contribution in [-0.4, -0.2) is 41.1 Å². The molecular weight excluding hydrogens is 424 g/mol. The van der Waals surface area contributed by atoms with Crippen LogP contribution < -0.4 is 4.90 Å². The number of carbonyl (C=O) groups is 3. The minimum Gasteiger partial charge on any atom is -0.292 e. The Kier molecular flexibility index (Phi) is 4.46. The van der Waals surface area contributed by atoms with Crippen molar-refractivity contribution in [2.45, 2.75) is 24.9 Å². The average Bonchev–Trinajstić information content (AvgIpc) is 3.45. The van der Waals surface area contributed by atoms with Crippen LogP contribution in [0.15, 0.2) is 66.7 Å². The highest BCUT2D eigenvalue weighted by atomic mass is 35.5. The van der Waals surface area contributed by atoms with Gasteiger partial charge in [-0.1, -0.05) is 41.9 Å². The Balaban J connectivity index is 1.41. The molecule has 3 aliphatic heterocycles. The molecule has 3 aliphatic rings. The van der Waals surface area contributed by atoms with Crippen LogP contribution in [0.4, 0.5) is 5.69 Å². The number of nitrogens with zero attached hydrogens (tertiary/aromatic N) is 2. The molecule has 0 N–H and O–H groups in total. The molecule has 32 heavy (non-hydrogen) atoms. The second-order valence-electron chi connectivity index (χ2n) is 8.86. The average molecular weight is 445 g/mol. The van der Waals surface area contributed by atoms with Crippen LogP contribution in [0, 0.1) is 11.8 Å². The third kappa shape index (κ3) is 2.78. The van der Waals surface area contributed by atoms with Crippen molar-refractivity contribution in [3.05, 3.63) is 77.3 Å². The Hall–Kier alpha value is -3.02. The Morgan fingerprint density at radius 2 is 1.59 bits per heavy atom. The van der Waals surface area contributed by atoms with Gasteiger partial charge < -0.3 is 0 Å². The topological polar surface area (TPSA) is 57.7 Å². The summed E-state index contributed by atoms with van der Waals surface area (Å²) >= 11 is 6.00. The highest BCUT2D eigenvalue weighted by molar-refractivity contribution is 6.30. The van der Waals surface area contributed by atoms with E-state index in [-0.39, 0.29) is 23.6 Å². The highest BCUT2D eigenvalue weighted by Crippen LogP contribution is 2.48. The smallest absolute Gasteiger partial charge is 0.239 e. The van der Waals surface area contributed by atoms with E-state index in [1.165, 1.54) is 4.90 Å². The predicted octanol–water partition coefficient (Wildman–Crippen LogP) is 4.33. The van der Waals surface area contributed by atoms with Gasteiger partial charge in [0.1, 0.15) is 0 Å². The molecule has 0 aliphatic carbocycles. The van der Waals surface area contributed by atoms with Crippen molar-refractivity contribution in [1.82, 2.24) is 4.90 Å². The minimum atomic E-state index is -0.651. The second kappa shape index (κ2) is 7.26. The molecule has 0 saturated carbocycles. The Labute approximate surface area is 190 Å². The zero-order valence-corrected chi connectivity index (χ0v) is 18.0.